The molecule has 6 rings (SSSR count). The second kappa shape index (κ2) is 14.9. The Morgan fingerprint density at radius 2 is 1.90 bits per heavy atom. The number of pyridine rings is 1. The summed E-state index contributed by atoms with van der Waals surface area (Å²) in [6.45, 7) is 6.30. The summed E-state index contributed by atoms with van der Waals surface area (Å²) in [6.07, 6.45) is 10.3. The molecule has 1 saturated carbocycles. The number of aryl methyl sites for hydroxylation is 1. The van der Waals surface area contributed by atoms with Crippen molar-refractivity contribution in [2.45, 2.75) is 94.9 Å². The van der Waals surface area contributed by atoms with Gasteiger partial charge < -0.3 is 24.6 Å². The highest BCUT2D eigenvalue weighted by Crippen LogP contribution is 2.57. The van der Waals surface area contributed by atoms with Crippen LogP contribution in [-0.4, -0.2) is 48.5 Å². The molecule has 0 radical (unpaired) electrons. The second-order valence-corrected chi connectivity index (χ2v) is 15.2. The van der Waals surface area contributed by atoms with Crippen molar-refractivity contribution in [1.29, 1.82) is 0 Å². The zero-order chi connectivity index (χ0) is 33.9. The molecular formula is C39H48Cl2N2O5. The summed E-state index contributed by atoms with van der Waals surface area (Å²) in [7, 11) is 1.69. The Balaban J connectivity index is 1.25. The Bertz CT molecular complexity index is 1610. The Kier molecular flexibility index (Phi) is 10.8. The smallest absolute Gasteiger partial charge is 0.329 e. The van der Waals surface area contributed by atoms with Gasteiger partial charge in [0, 0.05) is 48.3 Å². The Morgan fingerprint density at radius 3 is 2.65 bits per heavy atom. The summed E-state index contributed by atoms with van der Waals surface area (Å²) in [5, 5.41) is 15.2. The molecule has 48 heavy (non-hydrogen) atoms. The summed E-state index contributed by atoms with van der Waals surface area (Å²) >= 11 is 13.1. The standard InChI is InChI=1S/C39H48Cl2N2O5/c1-25(24-48-34-11-16-42-33-10-4-7-26(2)36(33)34)19-28-20-27-21-32(41)35(47-18-6-17-46-3)23-31(27)38(28)12-14-39(15-13-38,37(44)45)43-30-9-5-8-29(40)22-30/h5,8-9,11,16,21-23,25-26,28,43H,4,6-7,10,12-15,17-20,24H2,1-3H3,(H,44,45)/t25-,26-,28?,38?,39?/m1/s1. The number of methoxy groups -OCH3 is 1. The third-order valence-corrected chi connectivity index (χ3v) is 11.6. The molecule has 1 spiro atoms. The zero-order valence-corrected chi connectivity index (χ0v) is 29.8. The number of rotatable bonds is 13. The molecule has 9 heteroatoms. The van der Waals surface area contributed by atoms with E-state index in [4.69, 9.17) is 37.4 Å². The molecule has 258 valence electrons. The Labute approximate surface area is 294 Å². The van der Waals surface area contributed by atoms with Gasteiger partial charge in [0.1, 0.15) is 17.0 Å². The minimum Gasteiger partial charge on any atom is -0.493 e. The predicted octanol–water partition coefficient (Wildman–Crippen LogP) is 9.27. The molecule has 2 aromatic carbocycles. The van der Waals surface area contributed by atoms with Gasteiger partial charge in [0.05, 0.1) is 18.2 Å². The molecule has 1 heterocycles. The number of aliphatic carboxylic acids is 1. The first-order valence-electron chi connectivity index (χ1n) is 17.5. The lowest BCUT2D eigenvalue weighted by Gasteiger charge is -2.47. The van der Waals surface area contributed by atoms with Crippen molar-refractivity contribution in [2.75, 3.05) is 32.2 Å². The van der Waals surface area contributed by atoms with E-state index in [-0.39, 0.29) is 5.41 Å². The maximum absolute atomic E-state index is 12.9. The monoisotopic (exact) mass is 694 g/mol. The molecule has 3 atom stereocenters. The quantitative estimate of drug-likeness (QED) is 0.172. The Hall–Kier alpha value is -3.00. The first kappa shape index (κ1) is 34.8. The number of nitrogens with one attached hydrogen (secondary N) is 1. The predicted molar refractivity (Wildman–Crippen MR) is 191 cm³/mol. The molecule has 3 aliphatic rings. The molecule has 3 aromatic rings. The summed E-state index contributed by atoms with van der Waals surface area (Å²) in [4.78, 5) is 17.6. The fraction of sp³-hybridized carbons (Fsp3) is 0.538. The van der Waals surface area contributed by atoms with Crippen LogP contribution in [0.5, 0.6) is 11.5 Å². The van der Waals surface area contributed by atoms with Gasteiger partial charge in [-0.3, -0.25) is 4.98 Å². The molecule has 1 unspecified atom stereocenters. The van der Waals surface area contributed by atoms with Crippen molar-refractivity contribution in [1.82, 2.24) is 4.98 Å². The van der Waals surface area contributed by atoms with Gasteiger partial charge in [-0.25, -0.2) is 4.79 Å². The Morgan fingerprint density at radius 1 is 1.08 bits per heavy atom. The first-order valence-corrected chi connectivity index (χ1v) is 18.2. The molecule has 3 aliphatic carbocycles. The van der Waals surface area contributed by atoms with Crippen LogP contribution >= 0.6 is 23.2 Å². The van der Waals surface area contributed by atoms with Crippen LogP contribution in [0.4, 0.5) is 5.69 Å². The molecule has 0 aliphatic heterocycles. The number of carboxylic acid groups (broad SMARTS) is 1. The first-order chi connectivity index (χ1) is 23.1. The number of ether oxygens (including phenoxy) is 3. The molecule has 2 N–H and O–H groups in total. The van der Waals surface area contributed by atoms with E-state index < -0.39 is 11.5 Å². The lowest BCUT2D eigenvalue weighted by molar-refractivity contribution is -0.144. The number of hydrogen-bond acceptors (Lipinski definition) is 6. The number of nitrogens with zero attached hydrogens (tertiary/aromatic N) is 1. The molecule has 0 saturated heterocycles. The largest absolute Gasteiger partial charge is 0.493 e. The minimum absolute atomic E-state index is 0.196. The maximum atomic E-state index is 12.9. The van der Waals surface area contributed by atoms with Crippen molar-refractivity contribution >= 4 is 34.9 Å². The van der Waals surface area contributed by atoms with Crippen LogP contribution in [0.15, 0.2) is 48.7 Å². The number of halogens is 2. The van der Waals surface area contributed by atoms with Gasteiger partial charge in [-0.2, -0.15) is 0 Å². The van der Waals surface area contributed by atoms with Gasteiger partial charge in [-0.1, -0.05) is 43.1 Å². The summed E-state index contributed by atoms with van der Waals surface area (Å²) in [5.74, 6) is 1.89. The topological polar surface area (TPSA) is 89.9 Å². The highest BCUT2D eigenvalue weighted by molar-refractivity contribution is 6.32. The zero-order valence-electron chi connectivity index (χ0n) is 28.3. The van der Waals surface area contributed by atoms with Gasteiger partial charge in [-0.15, -0.1) is 0 Å². The number of aromatic nitrogens is 1. The van der Waals surface area contributed by atoms with Crippen LogP contribution in [0.1, 0.15) is 93.5 Å². The summed E-state index contributed by atoms with van der Waals surface area (Å²) < 4.78 is 17.9. The van der Waals surface area contributed by atoms with Crippen molar-refractivity contribution < 1.29 is 24.1 Å². The van der Waals surface area contributed by atoms with Gasteiger partial charge in [0.15, 0.2) is 0 Å². The average molecular weight is 696 g/mol. The fourth-order valence-corrected chi connectivity index (χ4v) is 9.03. The van der Waals surface area contributed by atoms with Crippen molar-refractivity contribution in [3.8, 4) is 11.5 Å². The molecule has 0 bridgehead atoms. The highest BCUT2D eigenvalue weighted by atomic mass is 35.5. The van der Waals surface area contributed by atoms with Crippen LogP contribution < -0.4 is 14.8 Å². The number of fused-ring (bicyclic) bond motifs is 3. The van der Waals surface area contributed by atoms with Crippen molar-refractivity contribution in [2.24, 2.45) is 11.8 Å². The number of carboxylic acids is 1. The minimum atomic E-state index is -1.08. The molecule has 1 aromatic heterocycles. The third-order valence-electron chi connectivity index (χ3n) is 11.1. The highest BCUT2D eigenvalue weighted by Gasteiger charge is 2.54. The molecule has 1 fully saturated rings. The lowest BCUT2D eigenvalue weighted by Crippen LogP contribution is -2.53. The molecular weight excluding hydrogens is 647 g/mol. The second-order valence-electron chi connectivity index (χ2n) is 14.3. The van der Waals surface area contributed by atoms with Crippen LogP contribution in [-0.2, 0) is 27.8 Å². The summed E-state index contributed by atoms with van der Waals surface area (Å²) in [5.41, 5.74) is 4.39. The van der Waals surface area contributed by atoms with E-state index in [0.29, 0.717) is 66.2 Å². The van der Waals surface area contributed by atoms with E-state index in [1.807, 2.05) is 24.4 Å². The number of benzene rings is 2. The number of anilines is 1. The van der Waals surface area contributed by atoms with Gasteiger partial charge in [0.2, 0.25) is 0 Å². The van der Waals surface area contributed by atoms with Crippen LogP contribution in [0.2, 0.25) is 10.0 Å². The van der Waals surface area contributed by atoms with E-state index in [9.17, 15) is 9.90 Å². The fourth-order valence-electron chi connectivity index (χ4n) is 8.60. The van der Waals surface area contributed by atoms with E-state index >= 15 is 0 Å². The van der Waals surface area contributed by atoms with E-state index in [2.05, 4.69) is 36.3 Å². The van der Waals surface area contributed by atoms with E-state index in [1.54, 1.807) is 19.2 Å². The van der Waals surface area contributed by atoms with E-state index in [1.165, 1.54) is 28.8 Å². The van der Waals surface area contributed by atoms with Crippen molar-refractivity contribution in [3.63, 3.8) is 0 Å². The maximum Gasteiger partial charge on any atom is 0.329 e. The van der Waals surface area contributed by atoms with Crippen LogP contribution in [0.3, 0.4) is 0 Å². The number of hydrogen-bond donors (Lipinski definition) is 2. The average Bonchev–Trinajstić information content (AvgIpc) is 3.33. The normalized spacial score (nSPS) is 25.3. The molecule has 0 amide bonds. The van der Waals surface area contributed by atoms with Crippen LogP contribution in [0, 0.1) is 11.8 Å². The SMILES string of the molecule is COCCCOc1cc2c(cc1Cl)CC(C[C@@H](C)COc1ccnc3c1[C@H](C)CCC3)C21CCC(Nc2cccc(Cl)c2)(C(=O)O)CC1. The lowest BCUT2D eigenvalue weighted by atomic mass is 9.59. The summed E-state index contributed by atoms with van der Waals surface area (Å²) in [6, 6.07) is 13.6. The molecule has 7 nitrogen and oxygen atoms in total. The van der Waals surface area contributed by atoms with E-state index in [0.717, 1.165) is 56.4 Å². The van der Waals surface area contributed by atoms with Gasteiger partial charge in [-0.05, 0) is 128 Å². The van der Waals surface area contributed by atoms with Crippen LogP contribution in [0.25, 0.3) is 0 Å². The van der Waals surface area contributed by atoms with Gasteiger partial charge in [0.25, 0.3) is 0 Å². The number of carbonyl (C=O) groups is 1. The van der Waals surface area contributed by atoms with Gasteiger partial charge >= 0.3 is 5.97 Å². The third kappa shape index (κ3) is 7.15. The van der Waals surface area contributed by atoms with Crippen molar-refractivity contribution in [3.05, 3.63) is 81.1 Å².